The lowest BCUT2D eigenvalue weighted by Gasteiger charge is -2.50. The quantitative estimate of drug-likeness (QED) is 0.0308. The fourth-order valence-corrected chi connectivity index (χ4v) is 10.6. The van der Waals surface area contributed by atoms with Crippen molar-refractivity contribution in [2.45, 2.75) is 304 Å². The number of hydrogen-bond donors (Lipinski definition) is 14. The SMILES string of the molecule is CCCCCCCCCCCCC/C=C/[C@@H](O)[C@H](CO[C@@H]1OC(CO)[C@@H](O[C@@H]2OC(CO)[C@H](O)[C@H](O[C@]3(C(=O)O)CC(O)[C@@H](NC(C)=O)C([C@H](O)[C@H](O)CO)O3)C2O)[C@H](O)C1O)NC(=O)CCCCCCCCCCCCCCC. The third-order valence-electron chi connectivity index (χ3n) is 15.5. The van der Waals surface area contributed by atoms with E-state index in [0.29, 0.717) is 12.8 Å². The molecule has 468 valence electrons. The molecule has 14 N–H and O–H groups in total. The van der Waals surface area contributed by atoms with Gasteiger partial charge in [0.2, 0.25) is 11.8 Å². The fraction of sp³-hybridized carbons (Fsp3) is 0.912. The van der Waals surface area contributed by atoms with E-state index < -0.39 is 155 Å². The van der Waals surface area contributed by atoms with Crippen molar-refractivity contribution in [2.75, 3.05) is 26.4 Å². The Morgan fingerprint density at radius 3 is 1.66 bits per heavy atom. The Bertz CT molecular complexity index is 1700. The first-order chi connectivity index (χ1) is 38.4. The van der Waals surface area contributed by atoms with Gasteiger partial charge in [-0.1, -0.05) is 167 Å². The normalized spacial score (nSPS) is 30.7. The monoisotopic (exact) mass is 1150 g/mol. The smallest absolute Gasteiger partial charge is 0.364 e. The maximum Gasteiger partial charge on any atom is 0.364 e. The van der Waals surface area contributed by atoms with Crippen LogP contribution in [0.2, 0.25) is 0 Å². The number of aliphatic carboxylic acids is 1. The molecule has 3 saturated heterocycles. The Morgan fingerprint density at radius 2 is 1.16 bits per heavy atom. The molecule has 0 aliphatic carbocycles. The van der Waals surface area contributed by atoms with Crippen molar-refractivity contribution >= 4 is 17.8 Å². The first kappa shape index (κ1) is 71.7. The van der Waals surface area contributed by atoms with E-state index in [2.05, 4.69) is 24.5 Å². The zero-order valence-corrected chi connectivity index (χ0v) is 47.9. The van der Waals surface area contributed by atoms with Crippen molar-refractivity contribution in [1.29, 1.82) is 0 Å². The van der Waals surface area contributed by atoms with E-state index in [4.69, 9.17) is 28.4 Å². The van der Waals surface area contributed by atoms with E-state index >= 15 is 0 Å². The Labute approximate surface area is 473 Å². The number of nitrogens with one attached hydrogen (secondary N) is 2. The lowest BCUT2D eigenvalue weighted by molar-refractivity contribution is -0.386. The number of ether oxygens (including phenoxy) is 6. The van der Waals surface area contributed by atoms with Crippen LogP contribution in [-0.2, 0) is 42.8 Å². The molecular weight excluding hydrogens is 1050 g/mol. The van der Waals surface area contributed by atoms with Crippen LogP contribution in [0.1, 0.15) is 194 Å². The van der Waals surface area contributed by atoms with Gasteiger partial charge in [0.1, 0.15) is 67.1 Å². The lowest BCUT2D eigenvalue weighted by Crippen LogP contribution is -2.70. The molecule has 3 aliphatic heterocycles. The molecule has 80 heavy (non-hydrogen) atoms. The second kappa shape index (κ2) is 39.9. The zero-order chi connectivity index (χ0) is 59.0. The van der Waals surface area contributed by atoms with Crippen LogP contribution in [0.25, 0.3) is 0 Å². The summed E-state index contributed by atoms with van der Waals surface area (Å²) in [5.41, 5.74) is 0. The van der Waals surface area contributed by atoms with Crippen LogP contribution < -0.4 is 10.6 Å². The van der Waals surface area contributed by atoms with Gasteiger partial charge in [-0.05, 0) is 19.3 Å². The molecule has 0 bridgehead atoms. The molecule has 0 aromatic heterocycles. The number of carbonyl (C=O) groups is 3. The van der Waals surface area contributed by atoms with Crippen LogP contribution in [0, 0.1) is 0 Å². The van der Waals surface area contributed by atoms with Gasteiger partial charge in [0.05, 0.1) is 50.7 Å². The van der Waals surface area contributed by atoms with Crippen molar-refractivity contribution < 1.29 is 104 Å². The first-order valence-electron chi connectivity index (χ1n) is 30.1. The van der Waals surface area contributed by atoms with Crippen molar-refractivity contribution in [3.8, 4) is 0 Å². The topological polar surface area (TPSA) is 373 Å². The number of aliphatic hydroxyl groups excluding tert-OH is 11. The minimum Gasteiger partial charge on any atom is -0.477 e. The predicted molar refractivity (Wildman–Crippen MR) is 292 cm³/mol. The largest absolute Gasteiger partial charge is 0.477 e. The number of unbranched alkanes of at least 4 members (excludes halogenated alkanes) is 23. The van der Waals surface area contributed by atoms with E-state index in [0.717, 1.165) is 51.9 Å². The number of carbonyl (C=O) groups excluding carboxylic acids is 2. The van der Waals surface area contributed by atoms with Gasteiger partial charge in [-0.25, -0.2) is 4.79 Å². The summed E-state index contributed by atoms with van der Waals surface area (Å²) in [5.74, 6) is -6.14. The predicted octanol–water partition coefficient (Wildman–Crippen LogP) is 2.39. The van der Waals surface area contributed by atoms with Crippen molar-refractivity contribution in [3.05, 3.63) is 12.2 Å². The van der Waals surface area contributed by atoms with E-state index in [-0.39, 0.29) is 12.3 Å². The highest BCUT2D eigenvalue weighted by atomic mass is 16.8. The molecule has 3 rings (SSSR count). The number of carboxylic acids is 1. The van der Waals surface area contributed by atoms with Crippen LogP contribution in [0.3, 0.4) is 0 Å². The number of amides is 2. The van der Waals surface area contributed by atoms with Gasteiger partial charge in [0.15, 0.2) is 12.6 Å². The molecule has 18 atom stereocenters. The summed E-state index contributed by atoms with van der Waals surface area (Å²) in [4.78, 5) is 38.3. The molecule has 23 nitrogen and oxygen atoms in total. The van der Waals surface area contributed by atoms with Gasteiger partial charge in [-0.2, -0.15) is 0 Å². The molecule has 0 spiro atoms. The molecule has 0 aromatic rings. The highest BCUT2D eigenvalue weighted by Crippen LogP contribution is 2.38. The van der Waals surface area contributed by atoms with Crippen LogP contribution in [0.4, 0.5) is 0 Å². The van der Waals surface area contributed by atoms with Gasteiger partial charge >= 0.3 is 5.97 Å². The average molecular weight is 1150 g/mol. The fourth-order valence-electron chi connectivity index (χ4n) is 10.6. The summed E-state index contributed by atoms with van der Waals surface area (Å²) in [6.45, 7) is 2.08. The summed E-state index contributed by atoms with van der Waals surface area (Å²) >= 11 is 0. The number of aliphatic hydroxyl groups is 11. The van der Waals surface area contributed by atoms with Crippen LogP contribution >= 0.6 is 0 Å². The van der Waals surface area contributed by atoms with Crippen molar-refractivity contribution in [3.63, 3.8) is 0 Å². The van der Waals surface area contributed by atoms with Gasteiger partial charge in [-0.15, -0.1) is 0 Å². The van der Waals surface area contributed by atoms with Crippen molar-refractivity contribution in [1.82, 2.24) is 10.6 Å². The zero-order valence-electron chi connectivity index (χ0n) is 47.9. The van der Waals surface area contributed by atoms with Crippen LogP contribution in [0.5, 0.6) is 0 Å². The van der Waals surface area contributed by atoms with Gasteiger partial charge in [0.25, 0.3) is 5.79 Å². The first-order valence-corrected chi connectivity index (χ1v) is 30.1. The Hall–Kier alpha value is -2.53. The molecule has 0 saturated carbocycles. The number of allylic oxidation sites excluding steroid dienone is 1. The van der Waals surface area contributed by atoms with Gasteiger partial charge in [-0.3, -0.25) is 9.59 Å². The standard InChI is InChI=1S/C57H104N2O21/c1-4-6-8-10-12-14-16-18-20-22-24-26-28-30-39(64)38(59-44(67)31-29-27-25-23-21-19-17-15-13-11-9-7-5-2)36-75-54-49(71)48(70)51(43(35-62)77-54)78-55-50(72)53(47(69)42(34-61)76-55)80-57(56(73)74)32-40(65)45(58-37(3)63)52(79-57)46(68)41(66)33-60/h28,30,38-43,45-55,60-62,64-66,68-72H,4-27,29,31-36H2,1-3H3,(H,58,63)(H,59,67)(H,73,74)/b30-28+/t38-,39+,40?,41+,42?,43?,45+,46+,47-,48+,49?,50?,51+,52?,53-,54+,55-,57-/m0/s1. The van der Waals surface area contributed by atoms with Crippen LogP contribution in [0.15, 0.2) is 12.2 Å². The highest BCUT2D eigenvalue weighted by Gasteiger charge is 2.60. The number of carboxylic acid groups (broad SMARTS) is 1. The van der Waals surface area contributed by atoms with E-state index in [9.17, 15) is 75.7 Å². The van der Waals surface area contributed by atoms with Gasteiger partial charge < -0.3 is 100 Å². The van der Waals surface area contributed by atoms with E-state index in [1.807, 2.05) is 6.08 Å². The minimum absolute atomic E-state index is 0.204. The molecule has 23 heteroatoms. The lowest BCUT2D eigenvalue weighted by atomic mass is 9.88. The number of hydrogen-bond acceptors (Lipinski definition) is 20. The molecule has 3 aliphatic rings. The summed E-state index contributed by atoms with van der Waals surface area (Å²) in [5, 5.41) is 135. The highest BCUT2D eigenvalue weighted by molar-refractivity contribution is 5.77. The second-order valence-corrected chi connectivity index (χ2v) is 22.2. The minimum atomic E-state index is -3.08. The average Bonchev–Trinajstić information content (AvgIpc) is 3.47. The molecular formula is C57H104N2O21. The third-order valence-corrected chi connectivity index (χ3v) is 15.5. The molecule has 3 heterocycles. The Morgan fingerprint density at radius 1 is 0.650 bits per heavy atom. The Kier molecular flexibility index (Phi) is 35.8. The summed E-state index contributed by atoms with van der Waals surface area (Å²) < 4.78 is 34.6. The van der Waals surface area contributed by atoms with E-state index in [1.165, 1.54) is 103 Å². The second-order valence-electron chi connectivity index (χ2n) is 22.2. The molecule has 0 radical (unpaired) electrons. The molecule has 2 amide bonds. The molecule has 0 aromatic carbocycles. The summed E-state index contributed by atoms with van der Waals surface area (Å²) in [6, 6.07) is -2.61. The van der Waals surface area contributed by atoms with Gasteiger partial charge in [0, 0.05) is 19.8 Å². The molecule has 3 fully saturated rings. The summed E-state index contributed by atoms with van der Waals surface area (Å²) in [7, 11) is 0. The van der Waals surface area contributed by atoms with Crippen molar-refractivity contribution in [2.24, 2.45) is 0 Å². The maximum absolute atomic E-state index is 13.3. The maximum atomic E-state index is 13.3. The number of rotatable bonds is 43. The Balaban J connectivity index is 1.69. The third kappa shape index (κ3) is 24.2. The van der Waals surface area contributed by atoms with E-state index in [1.54, 1.807) is 6.08 Å². The summed E-state index contributed by atoms with van der Waals surface area (Å²) in [6.07, 6.45) is 2.84. The van der Waals surface area contributed by atoms with Crippen LogP contribution in [-0.4, -0.2) is 215 Å². The molecule has 6 unspecified atom stereocenters.